The number of benzene rings is 4. The van der Waals surface area contributed by atoms with Gasteiger partial charge in [0.05, 0.1) is 29.3 Å². The van der Waals surface area contributed by atoms with Gasteiger partial charge in [-0.15, -0.1) is 0 Å². The van der Waals surface area contributed by atoms with Gasteiger partial charge < -0.3 is 24.8 Å². The van der Waals surface area contributed by atoms with Crippen molar-refractivity contribution in [1.82, 2.24) is 5.32 Å². The minimum Gasteiger partial charge on any atom is -0.481 e. The predicted molar refractivity (Wildman–Crippen MR) is 249 cm³/mol. The van der Waals surface area contributed by atoms with Gasteiger partial charge >= 0.3 is 5.97 Å². The molecule has 64 heavy (non-hydrogen) atoms. The largest absolute Gasteiger partial charge is 0.481 e. The quantitative estimate of drug-likeness (QED) is 0.0275. The zero-order valence-electron chi connectivity index (χ0n) is 37.0. The Bertz CT molecular complexity index is 2790. The van der Waals surface area contributed by atoms with Gasteiger partial charge in [-0.2, -0.15) is 21.4 Å². The maximum atomic E-state index is 13.0. The summed E-state index contributed by atoms with van der Waals surface area (Å²) in [6, 6.07) is 18.0. The van der Waals surface area contributed by atoms with Crippen LogP contribution >= 0.6 is 0 Å². The van der Waals surface area contributed by atoms with Crippen LogP contribution in [0.5, 0.6) is 0 Å². The number of anilines is 1. The SMILES string of the molecule is COCCNC(=O)c1ccc2c3c(ccc2c1)N(CCOC)C(=CC=CC=CC1=[N+](CCCCCC(=O)O)c2ccc4cc(S(=O)(=O)O)ccc4c2C1(C)C)C3(C)CCCS(=O)(=O)O. The number of carbonyl (C=O) groups excluding carboxylic acids is 1. The molecular weight excluding hydrogens is 859 g/mol. The molecule has 6 rings (SSSR count). The number of allylic oxidation sites excluding steroid dienone is 6. The maximum absolute atomic E-state index is 13.0. The number of nitrogens with zero attached hydrogens (tertiary/aromatic N) is 2. The number of unbranched alkanes of at least 4 members (excludes halogenated alkanes) is 2. The first-order valence-electron chi connectivity index (χ1n) is 21.3. The van der Waals surface area contributed by atoms with Crippen LogP contribution in [0.1, 0.15) is 80.8 Å². The molecule has 1 amide bonds. The zero-order valence-corrected chi connectivity index (χ0v) is 38.6. The number of amides is 1. The number of rotatable bonds is 21. The van der Waals surface area contributed by atoms with Crippen molar-refractivity contribution in [3.63, 3.8) is 0 Å². The van der Waals surface area contributed by atoms with E-state index in [1.807, 2.05) is 60.7 Å². The number of aliphatic carboxylic acids is 1. The van der Waals surface area contributed by atoms with Gasteiger partial charge in [0.2, 0.25) is 5.69 Å². The van der Waals surface area contributed by atoms with E-state index < -0.39 is 42.8 Å². The molecule has 0 fully saturated rings. The summed E-state index contributed by atoms with van der Waals surface area (Å²) in [5.74, 6) is -1.45. The highest BCUT2D eigenvalue weighted by atomic mass is 32.2. The van der Waals surface area contributed by atoms with E-state index in [2.05, 4.69) is 41.6 Å². The molecular formula is C48H58N3O11S2+. The van der Waals surface area contributed by atoms with Gasteiger partial charge in [-0.05, 0) is 116 Å². The molecule has 0 saturated heterocycles. The molecule has 0 spiro atoms. The monoisotopic (exact) mass is 916 g/mol. The Morgan fingerprint density at radius 3 is 2.22 bits per heavy atom. The molecule has 0 aromatic heterocycles. The number of hydrogen-bond acceptors (Lipinski definition) is 9. The number of carbonyl (C=O) groups is 2. The van der Waals surface area contributed by atoms with Gasteiger partial charge in [0, 0.05) is 80.2 Å². The molecule has 1 atom stereocenters. The molecule has 342 valence electrons. The Morgan fingerprint density at radius 2 is 1.52 bits per heavy atom. The molecule has 0 saturated carbocycles. The van der Waals surface area contributed by atoms with Gasteiger partial charge in [0.15, 0.2) is 5.71 Å². The van der Waals surface area contributed by atoms with Crippen molar-refractivity contribution in [2.75, 3.05) is 57.7 Å². The molecule has 0 aliphatic carbocycles. The summed E-state index contributed by atoms with van der Waals surface area (Å²) in [4.78, 5) is 26.2. The van der Waals surface area contributed by atoms with Crippen LogP contribution in [0.25, 0.3) is 21.5 Å². The van der Waals surface area contributed by atoms with E-state index in [0.717, 1.165) is 62.9 Å². The van der Waals surface area contributed by atoms with Crippen LogP contribution in [0.15, 0.2) is 102 Å². The molecule has 0 bridgehead atoms. The van der Waals surface area contributed by atoms with E-state index in [1.165, 1.54) is 12.1 Å². The normalized spacial score (nSPS) is 18.0. The zero-order chi connectivity index (χ0) is 46.5. The van der Waals surface area contributed by atoms with Crippen LogP contribution in [0.4, 0.5) is 11.4 Å². The highest BCUT2D eigenvalue weighted by molar-refractivity contribution is 7.86. The summed E-state index contributed by atoms with van der Waals surface area (Å²) in [6.07, 6.45) is 12.6. The number of fused-ring (bicyclic) bond motifs is 6. The molecule has 1 unspecified atom stereocenters. The van der Waals surface area contributed by atoms with Crippen molar-refractivity contribution in [2.24, 2.45) is 0 Å². The van der Waals surface area contributed by atoms with Crippen molar-refractivity contribution in [1.29, 1.82) is 0 Å². The second-order valence-corrected chi connectivity index (χ2v) is 20.0. The van der Waals surface area contributed by atoms with E-state index in [1.54, 1.807) is 26.4 Å². The lowest BCUT2D eigenvalue weighted by molar-refractivity contribution is -0.438. The highest BCUT2D eigenvalue weighted by Crippen LogP contribution is 2.53. The number of carboxylic acids is 1. The van der Waals surface area contributed by atoms with Crippen molar-refractivity contribution in [3.05, 3.63) is 113 Å². The van der Waals surface area contributed by atoms with Crippen LogP contribution in [0.2, 0.25) is 0 Å². The minimum absolute atomic E-state index is 0.0960. The number of nitrogens with one attached hydrogen (secondary N) is 1. The van der Waals surface area contributed by atoms with Gasteiger partial charge in [-0.25, -0.2) is 0 Å². The Hall–Kier alpha value is -5.23. The molecule has 4 N–H and O–H groups in total. The summed E-state index contributed by atoms with van der Waals surface area (Å²) < 4.78 is 80.3. The lowest BCUT2D eigenvalue weighted by atomic mass is 9.75. The molecule has 2 heterocycles. The Labute approximate surface area is 375 Å². The number of hydrogen-bond donors (Lipinski definition) is 4. The van der Waals surface area contributed by atoms with Crippen LogP contribution < -0.4 is 10.2 Å². The average Bonchev–Trinajstić information content (AvgIpc) is 3.60. The molecule has 14 nitrogen and oxygen atoms in total. The van der Waals surface area contributed by atoms with E-state index in [9.17, 15) is 40.6 Å². The first kappa shape index (κ1) is 48.2. The fourth-order valence-electron chi connectivity index (χ4n) is 9.30. The summed E-state index contributed by atoms with van der Waals surface area (Å²) in [7, 11) is -5.43. The van der Waals surface area contributed by atoms with Crippen LogP contribution in [-0.4, -0.2) is 106 Å². The topological polar surface area (TPSA) is 200 Å². The van der Waals surface area contributed by atoms with Crippen LogP contribution in [0, 0.1) is 0 Å². The molecule has 16 heteroatoms. The average molecular weight is 917 g/mol. The van der Waals surface area contributed by atoms with E-state index >= 15 is 0 Å². The first-order chi connectivity index (χ1) is 30.3. The van der Waals surface area contributed by atoms with Gasteiger partial charge in [0.25, 0.3) is 26.1 Å². The van der Waals surface area contributed by atoms with Crippen LogP contribution in [-0.2, 0) is 45.3 Å². The predicted octanol–water partition coefficient (Wildman–Crippen LogP) is 7.73. The number of carboxylic acid groups (broad SMARTS) is 1. The van der Waals surface area contributed by atoms with Crippen molar-refractivity contribution >= 4 is 70.7 Å². The molecule has 4 aromatic carbocycles. The fraction of sp³-hybridized carbons (Fsp3) is 0.396. The Kier molecular flexibility index (Phi) is 15.0. The lowest BCUT2D eigenvalue weighted by Gasteiger charge is -2.30. The van der Waals surface area contributed by atoms with Crippen molar-refractivity contribution in [3.8, 4) is 0 Å². The van der Waals surface area contributed by atoms with Crippen molar-refractivity contribution < 1.29 is 54.7 Å². The number of methoxy groups -OCH3 is 2. The van der Waals surface area contributed by atoms with Crippen LogP contribution in [0.3, 0.4) is 0 Å². The molecule has 4 aromatic rings. The third kappa shape index (κ3) is 10.5. The summed E-state index contributed by atoms with van der Waals surface area (Å²) >= 11 is 0. The molecule has 2 aliphatic rings. The van der Waals surface area contributed by atoms with Gasteiger partial charge in [-0.1, -0.05) is 36.4 Å². The van der Waals surface area contributed by atoms with E-state index in [-0.39, 0.29) is 23.6 Å². The van der Waals surface area contributed by atoms with Gasteiger partial charge in [0.1, 0.15) is 6.54 Å². The third-order valence-corrected chi connectivity index (χ3v) is 13.9. The second kappa shape index (κ2) is 19.9. The molecule has 2 aliphatic heterocycles. The van der Waals surface area contributed by atoms with Crippen molar-refractivity contribution in [2.45, 2.75) is 75.0 Å². The first-order valence-corrected chi connectivity index (χ1v) is 24.4. The second-order valence-electron chi connectivity index (χ2n) is 17.0. The summed E-state index contributed by atoms with van der Waals surface area (Å²) in [5.41, 5.74) is 5.02. The summed E-state index contributed by atoms with van der Waals surface area (Å²) in [5, 5.41) is 15.4. The highest BCUT2D eigenvalue weighted by Gasteiger charge is 2.46. The smallest absolute Gasteiger partial charge is 0.303 e. The maximum Gasteiger partial charge on any atom is 0.303 e. The molecule has 0 radical (unpaired) electrons. The lowest BCUT2D eigenvalue weighted by Crippen LogP contribution is -2.31. The summed E-state index contributed by atoms with van der Waals surface area (Å²) in [6.45, 7) is 8.59. The fourth-order valence-corrected chi connectivity index (χ4v) is 10.3. The Morgan fingerprint density at radius 1 is 0.812 bits per heavy atom. The number of ether oxygens (including phenoxy) is 2. The van der Waals surface area contributed by atoms with Gasteiger partial charge in [-0.3, -0.25) is 18.7 Å². The third-order valence-electron chi connectivity index (χ3n) is 12.3. The van der Waals surface area contributed by atoms with E-state index in [0.29, 0.717) is 56.6 Å². The van der Waals surface area contributed by atoms with E-state index in [4.69, 9.17) is 9.47 Å². The Balaban J connectivity index is 1.39. The standard InChI is InChI=1S/C48H57N3O11S2/c1-47(2)41(50(26-11-7-10-15-43(52)53)39-22-18-34-32-36(64(58,59)60)19-21-37(34)44(39)47)13-8-6-9-14-42-48(3,24-12-30-63(55,56)57)45-38-20-16-35(46(54)49-25-28-61-4)31-33(38)17-23-40(45)51(42)27-29-62-5/h6,8-9,13-14,16-23,31-32H,7,10-12,15,24-30H2,1-5H3,(H3-,49,52,53,54,55,56,57,58,59,60)/p+1. The minimum atomic E-state index is -4.41.